The van der Waals surface area contributed by atoms with Crippen molar-refractivity contribution in [2.75, 3.05) is 7.11 Å². The smallest absolute Gasteiger partial charge is 0.293 e. The lowest BCUT2D eigenvalue weighted by molar-refractivity contribution is -0.123. The van der Waals surface area contributed by atoms with E-state index in [-0.39, 0.29) is 17.7 Å². The molecule has 1 heterocycles. The summed E-state index contributed by atoms with van der Waals surface area (Å²) in [6.07, 6.45) is 1.65. The highest BCUT2D eigenvalue weighted by Crippen LogP contribution is 2.34. The van der Waals surface area contributed by atoms with Crippen LogP contribution in [0.2, 0.25) is 10.0 Å². The van der Waals surface area contributed by atoms with E-state index in [0.29, 0.717) is 20.7 Å². The highest BCUT2D eigenvalue weighted by Gasteiger charge is 2.35. The molecular formula is C18H13Cl2NO3S. The summed E-state index contributed by atoms with van der Waals surface area (Å²) >= 11 is 13.0. The average Bonchev–Trinajstić information content (AvgIpc) is 2.83. The Hall–Kier alpha value is -1.95. The minimum absolute atomic E-state index is 0.186. The van der Waals surface area contributed by atoms with Gasteiger partial charge in [-0.15, -0.1) is 0 Å². The van der Waals surface area contributed by atoms with E-state index in [1.54, 1.807) is 42.5 Å². The van der Waals surface area contributed by atoms with Gasteiger partial charge in [-0.2, -0.15) is 0 Å². The Labute approximate surface area is 159 Å². The van der Waals surface area contributed by atoms with Gasteiger partial charge >= 0.3 is 0 Å². The number of halogens is 2. The molecule has 0 aromatic heterocycles. The largest absolute Gasteiger partial charge is 0.495 e. The molecular weight excluding hydrogens is 381 g/mol. The Bertz CT molecular complexity index is 882. The second kappa shape index (κ2) is 7.52. The first kappa shape index (κ1) is 17.9. The fourth-order valence-electron chi connectivity index (χ4n) is 2.38. The van der Waals surface area contributed by atoms with E-state index in [9.17, 15) is 9.59 Å². The van der Waals surface area contributed by atoms with Crippen molar-refractivity contribution in [2.24, 2.45) is 0 Å². The Morgan fingerprint density at radius 2 is 1.96 bits per heavy atom. The van der Waals surface area contributed by atoms with Crippen molar-refractivity contribution in [1.82, 2.24) is 4.90 Å². The number of imide groups is 1. The molecule has 2 aromatic carbocycles. The zero-order chi connectivity index (χ0) is 18.0. The van der Waals surface area contributed by atoms with Crippen molar-refractivity contribution >= 4 is 52.2 Å². The number of amides is 2. The van der Waals surface area contributed by atoms with Crippen LogP contribution in [-0.4, -0.2) is 23.2 Å². The summed E-state index contributed by atoms with van der Waals surface area (Å²) in [5.41, 5.74) is 1.52. The third kappa shape index (κ3) is 4.00. The monoisotopic (exact) mass is 393 g/mol. The molecule has 0 N–H and O–H groups in total. The lowest BCUT2D eigenvalue weighted by Gasteiger charge is -2.12. The van der Waals surface area contributed by atoms with Crippen molar-refractivity contribution in [2.45, 2.75) is 6.54 Å². The molecule has 128 valence electrons. The van der Waals surface area contributed by atoms with Crippen LogP contribution in [0.5, 0.6) is 5.75 Å². The van der Waals surface area contributed by atoms with Gasteiger partial charge in [0.05, 0.1) is 23.6 Å². The molecule has 0 atom stereocenters. The number of hydrogen-bond acceptors (Lipinski definition) is 4. The van der Waals surface area contributed by atoms with E-state index in [1.807, 2.05) is 6.07 Å². The highest BCUT2D eigenvalue weighted by atomic mass is 35.5. The summed E-state index contributed by atoms with van der Waals surface area (Å²) < 4.78 is 5.10. The van der Waals surface area contributed by atoms with E-state index >= 15 is 0 Å². The molecule has 0 unspecified atom stereocenters. The normalized spacial score (nSPS) is 16.0. The SMILES string of the molecule is COc1ccc(/C=C2\SC(=O)N(Cc3cccc(Cl)c3)C2=O)cc1Cl. The third-order valence-corrected chi connectivity index (χ3v) is 5.01. The molecule has 0 aliphatic carbocycles. The van der Waals surface area contributed by atoms with Crippen molar-refractivity contribution in [3.63, 3.8) is 0 Å². The van der Waals surface area contributed by atoms with Crippen LogP contribution in [0.15, 0.2) is 47.4 Å². The molecule has 1 fully saturated rings. The average molecular weight is 394 g/mol. The van der Waals surface area contributed by atoms with Gasteiger partial charge in [-0.1, -0.05) is 41.4 Å². The van der Waals surface area contributed by atoms with Gasteiger partial charge in [-0.3, -0.25) is 14.5 Å². The lowest BCUT2D eigenvalue weighted by Crippen LogP contribution is -2.27. The standard InChI is InChI=1S/C18H13Cl2NO3S/c1-24-15-6-5-11(8-14(15)20)9-16-17(22)21(18(23)25-16)10-12-3-2-4-13(19)7-12/h2-9H,10H2,1H3/b16-9-. The summed E-state index contributed by atoms with van der Waals surface area (Å²) in [5.74, 6) is 0.217. The van der Waals surface area contributed by atoms with Crippen LogP contribution in [0, 0.1) is 0 Å². The Morgan fingerprint density at radius 1 is 1.16 bits per heavy atom. The maximum Gasteiger partial charge on any atom is 0.293 e. The van der Waals surface area contributed by atoms with Crippen molar-refractivity contribution < 1.29 is 14.3 Å². The van der Waals surface area contributed by atoms with E-state index < -0.39 is 0 Å². The molecule has 2 amide bonds. The number of thioether (sulfide) groups is 1. The van der Waals surface area contributed by atoms with Crippen LogP contribution in [0.4, 0.5) is 4.79 Å². The van der Waals surface area contributed by atoms with Gasteiger partial charge in [0, 0.05) is 5.02 Å². The van der Waals surface area contributed by atoms with Gasteiger partial charge in [0.15, 0.2) is 0 Å². The first-order valence-electron chi connectivity index (χ1n) is 7.31. The zero-order valence-electron chi connectivity index (χ0n) is 13.2. The van der Waals surface area contributed by atoms with Crippen molar-refractivity contribution in [3.8, 4) is 5.75 Å². The number of methoxy groups -OCH3 is 1. The quantitative estimate of drug-likeness (QED) is 0.666. The number of nitrogens with zero attached hydrogens (tertiary/aromatic N) is 1. The predicted molar refractivity (Wildman–Crippen MR) is 101 cm³/mol. The summed E-state index contributed by atoms with van der Waals surface area (Å²) in [5, 5.41) is 0.693. The molecule has 0 saturated carbocycles. The van der Waals surface area contributed by atoms with E-state index in [1.165, 1.54) is 12.0 Å². The number of rotatable bonds is 4. The number of carbonyl (C=O) groups is 2. The zero-order valence-corrected chi connectivity index (χ0v) is 15.5. The molecule has 0 spiro atoms. The van der Waals surface area contributed by atoms with Gasteiger partial charge in [0.2, 0.25) is 0 Å². The van der Waals surface area contributed by atoms with Crippen molar-refractivity contribution in [3.05, 3.63) is 68.5 Å². The Kier molecular flexibility index (Phi) is 5.37. The maximum atomic E-state index is 12.5. The van der Waals surface area contributed by atoms with E-state index in [4.69, 9.17) is 27.9 Å². The number of benzene rings is 2. The molecule has 7 heteroatoms. The van der Waals surface area contributed by atoms with Crippen LogP contribution in [0.25, 0.3) is 6.08 Å². The van der Waals surface area contributed by atoms with Crippen LogP contribution < -0.4 is 4.74 Å². The number of hydrogen-bond donors (Lipinski definition) is 0. The first-order chi connectivity index (χ1) is 12.0. The summed E-state index contributed by atoms with van der Waals surface area (Å²) in [6.45, 7) is 0.186. The highest BCUT2D eigenvalue weighted by molar-refractivity contribution is 8.18. The second-order valence-electron chi connectivity index (χ2n) is 5.29. The number of ether oxygens (including phenoxy) is 1. The molecule has 3 rings (SSSR count). The van der Waals surface area contributed by atoms with Crippen molar-refractivity contribution in [1.29, 1.82) is 0 Å². The predicted octanol–water partition coefficient (Wildman–Crippen LogP) is 5.24. The van der Waals surface area contributed by atoms with E-state index in [0.717, 1.165) is 22.9 Å². The molecule has 1 aliphatic heterocycles. The fraction of sp³-hybridized carbons (Fsp3) is 0.111. The molecule has 1 aliphatic rings. The molecule has 25 heavy (non-hydrogen) atoms. The first-order valence-corrected chi connectivity index (χ1v) is 8.88. The maximum absolute atomic E-state index is 12.5. The molecule has 2 aromatic rings. The lowest BCUT2D eigenvalue weighted by atomic mass is 10.2. The Morgan fingerprint density at radius 3 is 2.64 bits per heavy atom. The van der Waals surface area contributed by atoms with Crippen LogP contribution in [-0.2, 0) is 11.3 Å². The summed E-state index contributed by atoms with van der Waals surface area (Å²) in [6, 6.07) is 12.3. The third-order valence-electron chi connectivity index (χ3n) is 3.58. The number of carbonyl (C=O) groups excluding carboxylic acids is 2. The summed E-state index contributed by atoms with van der Waals surface area (Å²) in [4.78, 5) is 26.3. The topological polar surface area (TPSA) is 46.6 Å². The summed E-state index contributed by atoms with van der Waals surface area (Å²) in [7, 11) is 1.53. The second-order valence-corrected chi connectivity index (χ2v) is 7.13. The van der Waals surface area contributed by atoms with Gasteiger partial charge in [-0.25, -0.2) is 0 Å². The van der Waals surface area contributed by atoms with Crippen LogP contribution in [0.3, 0.4) is 0 Å². The molecule has 0 bridgehead atoms. The fourth-order valence-corrected chi connectivity index (χ4v) is 3.70. The minimum Gasteiger partial charge on any atom is -0.495 e. The van der Waals surface area contributed by atoms with Gasteiger partial charge < -0.3 is 4.74 Å². The van der Waals surface area contributed by atoms with Gasteiger partial charge in [0.1, 0.15) is 5.75 Å². The van der Waals surface area contributed by atoms with E-state index in [2.05, 4.69) is 0 Å². The van der Waals surface area contributed by atoms with Gasteiger partial charge in [0.25, 0.3) is 11.1 Å². The molecule has 1 saturated heterocycles. The minimum atomic E-state index is -0.332. The van der Waals surface area contributed by atoms with Crippen LogP contribution >= 0.6 is 35.0 Å². The van der Waals surface area contributed by atoms with Gasteiger partial charge in [-0.05, 0) is 53.2 Å². The molecule has 4 nitrogen and oxygen atoms in total. The Balaban J connectivity index is 1.82. The van der Waals surface area contributed by atoms with Crippen LogP contribution in [0.1, 0.15) is 11.1 Å². The molecule has 0 radical (unpaired) electrons.